The third-order valence-corrected chi connectivity index (χ3v) is 9.97. The molecule has 57 heavy (non-hydrogen) atoms. The highest BCUT2D eigenvalue weighted by atomic mass is 16.5. The predicted octanol–water partition coefficient (Wildman–Crippen LogP) is 5.83. The first-order valence-corrected chi connectivity index (χ1v) is 19.3. The van der Waals surface area contributed by atoms with Crippen LogP contribution in [0.4, 0.5) is 5.69 Å². The Balaban J connectivity index is 0.872. The largest absolute Gasteiger partial charge is 0.492 e. The monoisotopic (exact) mass is 772 g/mol. The van der Waals surface area contributed by atoms with Crippen molar-refractivity contribution in [3.05, 3.63) is 131 Å². The molecule has 4 aromatic carbocycles. The van der Waals surface area contributed by atoms with Gasteiger partial charge in [0.15, 0.2) is 0 Å². The number of benzene rings is 4. The van der Waals surface area contributed by atoms with Crippen LogP contribution in [0.3, 0.4) is 0 Å². The van der Waals surface area contributed by atoms with Crippen molar-refractivity contribution in [1.82, 2.24) is 15.1 Å². The lowest BCUT2D eigenvalue weighted by molar-refractivity contribution is -0.136. The second-order valence-corrected chi connectivity index (χ2v) is 13.7. The number of hydrogen-bond donors (Lipinski definition) is 2. The van der Waals surface area contributed by atoms with E-state index >= 15 is 0 Å². The summed E-state index contributed by atoms with van der Waals surface area (Å²) in [7, 11) is 1.75. The van der Waals surface area contributed by atoms with Gasteiger partial charge in [0, 0.05) is 25.7 Å². The number of allylic oxidation sites excluding steroid dienone is 1. The van der Waals surface area contributed by atoms with E-state index < -0.39 is 29.7 Å². The quantitative estimate of drug-likeness (QED) is 0.0684. The topological polar surface area (TPSA) is 144 Å². The fourth-order valence-corrected chi connectivity index (χ4v) is 7.02. The number of fused-ring (bicyclic) bond motifs is 1. The van der Waals surface area contributed by atoms with Gasteiger partial charge >= 0.3 is 0 Å². The SMILES string of the molecule is CCC(=C(c1ccccc1)c1ccc(OCCN(C)C(=O)CCOCCOCCNc2cccc3c2C(=O)N(C2CCC(=O)NC2=O)C3=O)cc1)c1ccccc1. The molecule has 2 aliphatic rings. The van der Waals surface area contributed by atoms with Crippen LogP contribution >= 0.6 is 0 Å². The van der Waals surface area contributed by atoms with E-state index in [4.69, 9.17) is 14.2 Å². The number of carbonyl (C=O) groups is 5. The molecule has 0 aromatic heterocycles. The number of likely N-dealkylation sites (N-methyl/N-ethyl adjacent to an activating group) is 1. The average molecular weight is 773 g/mol. The molecular weight excluding hydrogens is 725 g/mol. The molecule has 12 heteroatoms. The number of amides is 5. The zero-order valence-electron chi connectivity index (χ0n) is 32.3. The number of piperidine rings is 1. The van der Waals surface area contributed by atoms with Gasteiger partial charge in [-0.2, -0.15) is 0 Å². The van der Waals surface area contributed by atoms with Gasteiger partial charge in [0.1, 0.15) is 18.4 Å². The van der Waals surface area contributed by atoms with Crippen LogP contribution in [0.1, 0.15) is 70.0 Å². The molecule has 1 unspecified atom stereocenters. The first-order chi connectivity index (χ1) is 27.8. The van der Waals surface area contributed by atoms with Gasteiger partial charge in [-0.05, 0) is 64.9 Å². The molecule has 5 amide bonds. The van der Waals surface area contributed by atoms with E-state index in [0.717, 1.165) is 28.2 Å². The highest BCUT2D eigenvalue weighted by Crippen LogP contribution is 2.35. The number of hydrogen-bond acceptors (Lipinski definition) is 9. The van der Waals surface area contributed by atoms with Crippen molar-refractivity contribution < 1.29 is 38.2 Å². The van der Waals surface area contributed by atoms with Gasteiger partial charge in [-0.3, -0.25) is 34.2 Å². The molecular formula is C45H48N4O8. The zero-order chi connectivity index (χ0) is 40.1. The Labute approximate surface area is 332 Å². The summed E-state index contributed by atoms with van der Waals surface area (Å²) >= 11 is 0. The van der Waals surface area contributed by atoms with Crippen molar-refractivity contribution >= 4 is 46.4 Å². The molecule has 1 atom stereocenters. The van der Waals surface area contributed by atoms with Crippen LogP contribution in [0.15, 0.2) is 103 Å². The van der Waals surface area contributed by atoms with E-state index in [2.05, 4.69) is 78.2 Å². The number of imide groups is 2. The van der Waals surface area contributed by atoms with Crippen LogP contribution in [0.25, 0.3) is 11.1 Å². The average Bonchev–Trinajstić information content (AvgIpc) is 3.49. The van der Waals surface area contributed by atoms with Crippen LogP contribution in [0.5, 0.6) is 5.75 Å². The fourth-order valence-electron chi connectivity index (χ4n) is 7.02. The van der Waals surface area contributed by atoms with Gasteiger partial charge in [-0.25, -0.2) is 0 Å². The highest BCUT2D eigenvalue weighted by Gasteiger charge is 2.45. The summed E-state index contributed by atoms with van der Waals surface area (Å²) in [5, 5.41) is 5.34. The van der Waals surface area contributed by atoms with E-state index in [9.17, 15) is 24.0 Å². The highest BCUT2D eigenvalue weighted by molar-refractivity contribution is 6.25. The van der Waals surface area contributed by atoms with Crippen molar-refractivity contribution in [2.75, 3.05) is 58.5 Å². The van der Waals surface area contributed by atoms with E-state index in [1.807, 2.05) is 24.3 Å². The molecule has 2 N–H and O–H groups in total. The number of nitrogens with zero attached hydrogens (tertiary/aromatic N) is 2. The molecule has 1 fully saturated rings. The maximum absolute atomic E-state index is 13.2. The van der Waals surface area contributed by atoms with E-state index in [1.165, 1.54) is 16.7 Å². The smallest absolute Gasteiger partial charge is 0.264 e. The van der Waals surface area contributed by atoms with Gasteiger partial charge in [0.2, 0.25) is 17.7 Å². The van der Waals surface area contributed by atoms with Crippen molar-refractivity contribution in [2.45, 2.75) is 38.6 Å². The summed E-state index contributed by atoms with van der Waals surface area (Å²) in [5.41, 5.74) is 6.80. The van der Waals surface area contributed by atoms with Gasteiger partial charge in [0.25, 0.3) is 11.8 Å². The number of carbonyl (C=O) groups excluding carboxylic acids is 5. The number of rotatable bonds is 19. The minimum atomic E-state index is -1.02. The molecule has 296 valence electrons. The van der Waals surface area contributed by atoms with Crippen LogP contribution < -0.4 is 15.4 Å². The van der Waals surface area contributed by atoms with Crippen molar-refractivity contribution in [3.63, 3.8) is 0 Å². The summed E-state index contributed by atoms with van der Waals surface area (Å²) in [6.07, 6.45) is 1.26. The second-order valence-electron chi connectivity index (χ2n) is 13.7. The van der Waals surface area contributed by atoms with E-state index in [1.54, 1.807) is 30.1 Å². The van der Waals surface area contributed by atoms with Gasteiger partial charge < -0.3 is 24.4 Å². The first kappa shape index (κ1) is 40.6. The molecule has 0 radical (unpaired) electrons. The minimum absolute atomic E-state index is 0.0516. The van der Waals surface area contributed by atoms with Crippen LogP contribution in [0, 0.1) is 0 Å². The Morgan fingerprint density at radius 1 is 0.772 bits per heavy atom. The molecule has 4 aromatic rings. The van der Waals surface area contributed by atoms with Crippen molar-refractivity contribution in [1.29, 1.82) is 0 Å². The van der Waals surface area contributed by atoms with Crippen LogP contribution in [0.2, 0.25) is 0 Å². The lowest BCUT2D eigenvalue weighted by Crippen LogP contribution is -2.54. The summed E-state index contributed by atoms with van der Waals surface area (Å²) in [4.78, 5) is 65.4. The van der Waals surface area contributed by atoms with E-state index in [0.29, 0.717) is 45.2 Å². The normalized spacial score (nSPS) is 15.5. The zero-order valence-corrected chi connectivity index (χ0v) is 32.3. The number of ether oxygens (including phenoxy) is 3. The predicted molar refractivity (Wildman–Crippen MR) is 217 cm³/mol. The lowest BCUT2D eigenvalue weighted by Gasteiger charge is -2.27. The maximum atomic E-state index is 13.2. The molecule has 0 saturated carbocycles. The van der Waals surface area contributed by atoms with Crippen molar-refractivity contribution in [3.8, 4) is 5.75 Å². The second kappa shape index (κ2) is 19.7. The Morgan fingerprint density at radius 3 is 2.12 bits per heavy atom. The van der Waals surface area contributed by atoms with Crippen LogP contribution in [-0.2, 0) is 23.9 Å². The Kier molecular flexibility index (Phi) is 14.0. The van der Waals surface area contributed by atoms with Crippen LogP contribution in [-0.4, -0.2) is 98.5 Å². The molecule has 0 aliphatic carbocycles. The van der Waals surface area contributed by atoms with Gasteiger partial charge in [0.05, 0.1) is 50.5 Å². The number of nitrogens with one attached hydrogen (secondary N) is 2. The summed E-state index contributed by atoms with van der Waals surface area (Å²) in [6.45, 7) is 4.48. The molecule has 12 nitrogen and oxygen atoms in total. The third-order valence-electron chi connectivity index (χ3n) is 9.97. The van der Waals surface area contributed by atoms with Gasteiger partial charge in [-0.1, -0.05) is 85.8 Å². The maximum Gasteiger partial charge on any atom is 0.264 e. The molecule has 1 saturated heterocycles. The third kappa shape index (κ3) is 10.0. The summed E-state index contributed by atoms with van der Waals surface area (Å²) < 4.78 is 17.3. The molecule has 0 spiro atoms. The lowest BCUT2D eigenvalue weighted by atomic mass is 9.88. The molecule has 2 heterocycles. The summed E-state index contributed by atoms with van der Waals surface area (Å²) in [5.74, 6) is -1.52. The molecule has 0 bridgehead atoms. The first-order valence-electron chi connectivity index (χ1n) is 19.3. The van der Waals surface area contributed by atoms with E-state index in [-0.39, 0.29) is 42.9 Å². The molecule has 2 aliphatic heterocycles. The molecule has 6 rings (SSSR count). The fraction of sp³-hybridized carbons (Fsp3) is 0.311. The number of anilines is 1. The minimum Gasteiger partial charge on any atom is -0.492 e. The van der Waals surface area contributed by atoms with Crippen molar-refractivity contribution in [2.24, 2.45) is 0 Å². The summed E-state index contributed by atoms with van der Waals surface area (Å²) in [6, 6.07) is 32.9. The van der Waals surface area contributed by atoms with Gasteiger partial charge in [-0.15, -0.1) is 0 Å². The Bertz CT molecular complexity index is 2090. The Hall–Kier alpha value is -6.11. The standard InChI is InChI=1S/C45H48N4O8/c1-3-35(31-11-6-4-7-12-31)41(32-13-8-5-9-14-32)33-17-19-34(20-18-33)57-28-25-48(2)40(51)23-26-55-29-30-56-27-24-46-37-16-10-15-36-42(37)45(54)49(44(36)53)38-21-22-39(50)47-43(38)52/h4-20,38,46H,3,21-30H2,1-2H3,(H,47,50,52). The Morgan fingerprint density at radius 2 is 1.44 bits per heavy atom.